The van der Waals surface area contributed by atoms with Crippen molar-refractivity contribution in [1.29, 1.82) is 0 Å². The van der Waals surface area contributed by atoms with Gasteiger partial charge in [-0.05, 0) is 62.0 Å². The Kier molecular flexibility index (Phi) is 5.04. The molecule has 0 radical (unpaired) electrons. The van der Waals surface area contributed by atoms with Crippen molar-refractivity contribution in [2.24, 2.45) is 0 Å². The van der Waals surface area contributed by atoms with Crippen LogP contribution in [-0.4, -0.2) is 8.07 Å². The van der Waals surface area contributed by atoms with Gasteiger partial charge >= 0.3 is 0 Å². The Morgan fingerprint density at radius 3 is 1.65 bits per heavy atom. The number of benzene rings is 6. The number of hydrogen-bond acceptors (Lipinski definition) is 1. The highest BCUT2D eigenvalue weighted by atomic mass is 28.3. The first-order valence-corrected chi connectivity index (χ1v) is 17.0. The molecular weight excluding hydrogens is 499 g/mol. The summed E-state index contributed by atoms with van der Waals surface area (Å²) in [6.07, 6.45) is 0. The Labute approximate surface area is 237 Å². The lowest BCUT2D eigenvalue weighted by atomic mass is 9.92. The fourth-order valence-electron chi connectivity index (χ4n) is 6.76. The third-order valence-corrected chi connectivity index (χ3v) is 12.3. The smallest absolute Gasteiger partial charge is 0.117 e. The van der Waals surface area contributed by atoms with Gasteiger partial charge < -0.3 is 4.90 Å². The van der Waals surface area contributed by atoms with Crippen LogP contribution in [0.2, 0.25) is 13.1 Å². The van der Waals surface area contributed by atoms with Crippen LogP contribution in [0.3, 0.4) is 0 Å². The molecule has 0 fully saturated rings. The normalized spacial score (nSPS) is 13.9. The molecule has 1 nitrogen and oxygen atoms in total. The van der Waals surface area contributed by atoms with Gasteiger partial charge in [-0.2, -0.15) is 0 Å². The lowest BCUT2D eigenvalue weighted by molar-refractivity contribution is 1.30. The van der Waals surface area contributed by atoms with Crippen molar-refractivity contribution in [3.8, 4) is 44.5 Å². The van der Waals surface area contributed by atoms with Crippen LogP contribution in [0.1, 0.15) is 0 Å². The Balaban J connectivity index is 1.50. The SMILES string of the molecule is C[Si]1(C)c2cc(-c3ccccc3)ccc2N2c3ccccc3-c3ccccc3-c3cc(-c4ccccc4)cc1c32. The van der Waals surface area contributed by atoms with Crippen LogP contribution in [0, 0.1) is 0 Å². The molecule has 2 aliphatic rings. The molecule has 0 unspecified atom stereocenters. The molecule has 2 heteroatoms. The molecule has 190 valence electrons. The first-order chi connectivity index (χ1) is 19.6. The number of para-hydroxylation sites is 1. The average molecular weight is 528 g/mol. The minimum absolute atomic E-state index is 1.25. The predicted octanol–water partition coefficient (Wildman–Crippen LogP) is 9.27. The molecule has 40 heavy (non-hydrogen) atoms. The largest absolute Gasteiger partial charge is 0.309 e. The molecule has 0 bridgehead atoms. The average Bonchev–Trinajstić information content (AvgIpc) is 3.14. The van der Waals surface area contributed by atoms with Gasteiger partial charge in [0.25, 0.3) is 0 Å². The quantitative estimate of drug-likeness (QED) is 0.203. The Morgan fingerprint density at radius 2 is 0.950 bits per heavy atom. The zero-order valence-corrected chi connectivity index (χ0v) is 23.7. The van der Waals surface area contributed by atoms with E-state index < -0.39 is 8.07 Å². The second-order valence-electron chi connectivity index (χ2n) is 11.4. The molecule has 0 amide bonds. The number of anilines is 3. The Hall–Kier alpha value is -4.66. The van der Waals surface area contributed by atoms with Gasteiger partial charge in [0, 0.05) is 16.8 Å². The second kappa shape index (κ2) is 8.67. The summed E-state index contributed by atoms with van der Waals surface area (Å²) in [5.41, 5.74) is 14.2. The van der Waals surface area contributed by atoms with E-state index in [-0.39, 0.29) is 0 Å². The first kappa shape index (κ1) is 23.2. The third kappa shape index (κ3) is 3.33. The van der Waals surface area contributed by atoms with Crippen molar-refractivity contribution < 1.29 is 0 Å². The van der Waals surface area contributed by atoms with Crippen molar-refractivity contribution in [1.82, 2.24) is 0 Å². The van der Waals surface area contributed by atoms with Crippen LogP contribution >= 0.6 is 0 Å². The van der Waals surface area contributed by atoms with E-state index in [4.69, 9.17) is 0 Å². The Morgan fingerprint density at radius 1 is 0.400 bits per heavy atom. The van der Waals surface area contributed by atoms with Gasteiger partial charge in [-0.15, -0.1) is 0 Å². The summed E-state index contributed by atoms with van der Waals surface area (Å²) in [7, 11) is -2.12. The second-order valence-corrected chi connectivity index (χ2v) is 15.7. The number of rotatable bonds is 2. The number of hydrogen-bond donors (Lipinski definition) is 0. The fourth-order valence-corrected chi connectivity index (χ4v) is 9.76. The molecule has 0 N–H and O–H groups in total. The topological polar surface area (TPSA) is 3.24 Å². The van der Waals surface area contributed by atoms with Crippen molar-refractivity contribution >= 4 is 35.5 Å². The van der Waals surface area contributed by atoms with E-state index >= 15 is 0 Å². The number of fused-ring (bicyclic) bond motifs is 7. The predicted molar refractivity (Wildman–Crippen MR) is 173 cm³/mol. The third-order valence-electron chi connectivity index (χ3n) is 8.78. The molecule has 0 aromatic heterocycles. The standard InChI is InChI=1S/C38H29NSi/c1-40(2)36-24-28(26-13-5-3-6-14-26)21-22-35(36)39-34-20-12-11-19-32(34)30-17-9-10-18-31(30)33-23-29(25-37(40)38(33)39)27-15-7-4-8-16-27/h3-25H,1-2H3. The summed E-state index contributed by atoms with van der Waals surface area (Å²) in [6.45, 7) is 5.07. The number of nitrogens with zero attached hydrogens (tertiary/aromatic N) is 1. The Bertz CT molecular complexity index is 1920. The highest BCUT2D eigenvalue weighted by molar-refractivity contribution is 7.03. The van der Waals surface area contributed by atoms with E-state index in [9.17, 15) is 0 Å². The lowest BCUT2D eigenvalue weighted by Gasteiger charge is -2.42. The monoisotopic (exact) mass is 527 g/mol. The maximum atomic E-state index is 2.57. The summed E-state index contributed by atoms with van der Waals surface area (Å²) in [4.78, 5) is 2.57. The molecule has 0 spiro atoms. The first-order valence-electron chi connectivity index (χ1n) is 14.0. The van der Waals surface area contributed by atoms with Gasteiger partial charge in [-0.25, -0.2) is 0 Å². The summed E-state index contributed by atoms with van der Waals surface area (Å²) in [6, 6.07) is 51.6. The van der Waals surface area contributed by atoms with Gasteiger partial charge in [0.15, 0.2) is 0 Å². The molecule has 2 heterocycles. The van der Waals surface area contributed by atoms with E-state index in [1.165, 1.54) is 71.9 Å². The van der Waals surface area contributed by atoms with E-state index in [2.05, 4.69) is 158 Å². The molecule has 2 aliphatic heterocycles. The molecule has 6 aromatic rings. The maximum Gasteiger partial charge on any atom is 0.117 e. The zero-order chi connectivity index (χ0) is 26.8. The van der Waals surface area contributed by atoms with Crippen molar-refractivity contribution in [3.63, 3.8) is 0 Å². The summed E-state index contributed by atoms with van der Waals surface area (Å²) in [5.74, 6) is 0. The summed E-state index contributed by atoms with van der Waals surface area (Å²) >= 11 is 0. The van der Waals surface area contributed by atoms with Crippen LogP contribution in [0.15, 0.2) is 140 Å². The van der Waals surface area contributed by atoms with Crippen LogP contribution in [0.4, 0.5) is 17.1 Å². The van der Waals surface area contributed by atoms with E-state index in [0.717, 1.165) is 0 Å². The van der Waals surface area contributed by atoms with Crippen molar-refractivity contribution in [2.45, 2.75) is 13.1 Å². The van der Waals surface area contributed by atoms with Crippen LogP contribution < -0.4 is 15.3 Å². The van der Waals surface area contributed by atoms with Gasteiger partial charge in [-0.1, -0.05) is 134 Å². The molecule has 0 atom stereocenters. The highest BCUT2D eigenvalue weighted by Gasteiger charge is 2.42. The maximum absolute atomic E-state index is 2.57. The van der Waals surface area contributed by atoms with E-state index in [1.807, 2.05) is 0 Å². The highest BCUT2D eigenvalue weighted by Crippen LogP contribution is 2.52. The molecule has 0 saturated heterocycles. The van der Waals surface area contributed by atoms with Gasteiger partial charge in [0.1, 0.15) is 8.07 Å². The molecule has 0 saturated carbocycles. The van der Waals surface area contributed by atoms with Gasteiger partial charge in [0.2, 0.25) is 0 Å². The summed E-state index contributed by atoms with van der Waals surface area (Å²) in [5, 5.41) is 2.98. The molecule has 0 aliphatic carbocycles. The van der Waals surface area contributed by atoms with Crippen LogP contribution in [0.5, 0.6) is 0 Å². The minimum Gasteiger partial charge on any atom is -0.309 e. The van der Waals surface area contributed by atoms with Crippen LogP contribution in [0.25, 0.3) is 44.5 Å². The van der Waals surface area contributed by atoms with Crippen LogP contribution in [-0.2, 0) is 0 Å². The molecule has 8 rings (SSSR count). The van der Waals surface area contributed by atoms with Crippen molar-refractivity contribution in [3.05, 3.63) is 140 Å². The van der Waals surface area contributed by atoms with Gasteiger partial charge in [-0.3, -0.25) is 0 Å². The molecule has 6 aromatic carbocycles. The lowest BCUT2D eigenvalue weighted by Crippen LogP contribution is -2.58. The zero-order valence-electron chi connectivity index (χ0n) is 22.7. The molecular formula is C38H29NSi. The summed E-state index contributed by atoms with van der Waals surface area (Å²) < 4.78 is 0. The fraction of sp³-hybridized carbons (Fsp3) is 0.0526. The van der Waals surface area contributed by atoms with Crippen molar-refractivity contribution in [2.75, 3.05) is 4.90 Å². The van der Waals surface area contributed by atoms with E-state index in [1.54, 1.807) is 0 Å². The van der Waals surface area contributed by atoms with E-state index in [0.29, 0.717) is 0 Å². The van der Waals surface area contributed by atoms with Gasteiger partial charge in [0.05, 0.1) is 11.4 Å². The minimum atomic E-state index is -2.12.